The van der Waals surface area contributed by atoms with Crippen LogP contribution >= 0.6 is 0 Å². The summed E-state index contributed by atoms with van der Waals surface area (Å²) in [5.41, 5.74) is 2.09. The Morgan fingerprint density at radius 3 is 2.22 bits per heavy atom. The van der Waals surface area contributed by atoms with Crippen LogP contribution in [0.5, 0.6) is 5.75 Å². The molecule has 0 aliphatic carbocycles. The number of rotatable bonds is 5. The second kappa shape index (κ2) is 8.31. The monoisotopic (exact) mass is 378 g/mol. The van der Waals surface area contributed by atoms with Crippen LogP contribution in [-0.2, 0) is 0 Å². The van der Waals surface area contributed by atoms with E-state index in [1.807, 2.05) is 18.2 Å². The lowest BCUT2D eigenvalue weighted by molar-refractivity contribution is -0.274. The fraction of sp³-hybridized carbons (Fsp3) is 0.429. The van der Waals surface area contributed by atoms with Crippen molar-refractivity contribution in [3.05, 3.63) is 65.7 Å². The van der Waals surface area contributed by atoms with Gasteiger partial charge >= 0.3 is 6.36 Å². The predicted molar refractivity (Wildman–Crippen MR) is 99.6 cm³/mol. The van der Waals surface area contributed by atoms with Gasteiger partial charge in [-0.05, 0) is 29.2 Å². The molecule has 2 aromatic carbocycles. The normalized spacial score (nSPS) is 19.9. The Bertz CT molecular complexity index is 716. The lowest BCUT2D eigenvalue weighted by atomic mass is 9.94. The molecule has 1 N–H and O–H groups in total. The highest BCUT2D eigenvalue weighted by molar-refractivity contribution is 5.36. The van der Waals surface area contributed by atoms with Gasteiger partial charge < -0.3 is 10.1 Å². The summed E-state index contributed by atoms with van der Waals surface area (Å²) in [4.78, 5) is 2.40. The van der Waals surface area contributed by atoms with Gasteiger partial charge in [-0.1, -0.05) is 56.3 Å². The Hall–Kier alpha value is -2.05. The van der Waals surface area contributed by atoms with Gasteiger partial charge in [0.05, 0.1) is 6.04 Å². The number of nitrogens with zero attached hydrogens (tertiary/aromatic N) is 1. The molecule has 0 bridgehead atoms. The average Bonchev–Trinajstić information content (AvgIpc) is 2.63. The van der Waals surface area contributed by atoms with Gasteiger partial charge in [-0.3, -0.25) is 4.90 Å². The molecule has 0 aromatic heterocycles. The largest absolute Gasteiger partial charge is 0.573 e. The second-order valence-corrected chi connectivity index (χ2v) is 7.23. The Morgan fingerprint density at radius 1 is 1.00 bits per heavy atom. The fourth-order valence-electron chi connectivity index (χ4n) is 3.58. The molecule has 6 heteroatoms. The number of piperazine rings is 1. The Kier molecular flexibility index (Phi) is 6.07. The van der Waals surface area contributed by atoms with Crippen molar-refractivity contribution in [2.75, 3.05) is 19.6 Å². The Morgan fingerprint density at radius 2 is 1.63 bits per heavy atom. The van der Waals surface area contributed by atoms with E-state index in [1.54, 1.807) is 12.1 Å². The number of ether oxygens (including phenoxy) is 1. The van der Waals surface area contributed by atoms with E-state index in [2.05, 4.69) is 40.9 Å². The SMILES string of the molecule is CC(C)[C@H]1CN(C(c2ccccc2)c2ccc(OC(F)(F)F)cc2)CCN1. The maximum Gasteiger partial charge on any atom is 0.573 e. The van der Waals surface area contributed by atoms with E-state index in [4.69, 9.17) is 0 Å². The molecule has 0 amide bonds. The molecule has 3 nitrogen and oxygen atoms in total. The Balaban J connectivity index is 1.89. The first kappa shape index (κ1) is 19.7. The van der Waals surface area contributed by atoms with E-state index in [0.29, 0.717) is 12.0 Å². The van der Waals surface area contributed by atoms with E-state index in [9.17, 15) is 13.2 Å². The molecule has 27 heavy (non-hydrogen) atoms. The summed E-state index contributed by atoms with van der Waals surface area (Å²) < 4.78 is 41.3. The predicted octanol–water partition coefficient (Wildman–Crippen LogP) is 4.60. The minimum Gasteiger partial charge on any atom is -0.406 e. The minimum atomic E-state index is -4.68. The molecule has 1 unspecified atom stereocenters. The molecule has 0 spiro atoms. The third kappa shape index (κ3) is 5.23. The van der Waals surface area contributed by atoms with Crippen LogP contribution in [0.25, 0.3) is 0 Å². The third-order valence-electron chi connectivity index (χ3n) is 4.95. The topological polar surface area (TPSA) is 24.5 Å². The summed E-state index contributed by atoms with van der Waals surface area (Å²) in [5, 5.41) is 3.55. The van der Waals surface area contributed by atoms with Crippen LogP contribution in [0.1, 0.15) is 31.0 Å². The van der Waals surface area contributed by atoms with Crippen molar-refractivity contribution in [3.63, 3.8) is 0 Å². The molecule has 3 rings (SSSR count). The van der Waals surface area contributed by atoms with Crippen molar-refractivity contribution in [2.24, 2.45) is 5.92 Å². The van der Waals surface area contributed by atoms with Gasteiger partial charge in [0.2, 0.25) is 0 Å². The molecule has 0 saturated carbocycles. The molecule has 2 aromatic rings. The molecule has 2 atom stereocenters. The van der Waals surface area contributed by atoms with E-state index in [0.717, 1.165) is 30.8 Å². The highest BCUT2D eigenvalue weighted by atomic mass is 19.4. The quantitative estimate of drug-likeness (QED) is 0.823. The second-order valence-electron chi connectivity index (χ2n) is 7.23. The van der Waals surface area contributed by atoms with Crippen molar-refractivity contribution in [1.82, 2.24) is 10.2 Å². The first-order valence-corrected chi connectivity index (χ1v) is 9.21. The smallest absolute Gasteiger partial charge is 0.406 e. The van der Waals surface area contributed by atoms with E-state index in [-0.39, 0.29) is 11.8 Å². The molecule has 1 saturated heterocycles. The van der Waals surface area contributed by atoms with Crippen molar-refractivity contribution in [1.29, 1.82) is 0 Å². The fourth-order valence-corrected chi connectivity index (χ4v) is 3.58. The van der Waals surface area contributed by atoms with Crippen molar-refractivity contribution >= 4 is 0 Å². The van der Waals surface area contributed by atoms with Crippen molar-refractivity contribution in [3.8, 4) is 5.75 Å². The van der Waals surface area contributed by atoms with Crippen molar-refractivity contribution < 1.29 is 17.9 Å². The van der Waals surface area contributed by atoms with Crippen LogP contribution in [0.2, 0.25) is 0 Å². The number of halogens is 3. The summed E-state index contributed by atoms with van der Waals surface area (Å²) in [6.07, 6.45) is -4.68. The van der Waals surface area contributed by atoms with Crippen LogP contribution in [0, 0.1) is 5.92 Å². The van der Waals surface area contributed by atoms with Crippen LogP contribution in [0.4, 0.5) is 13.2 Å². The number of benzene rings is 2. The van der Waals surface area contributed by atoms with Gasteiger partial charge in [-0.25, -0.2) is 0 Å². The first-order chi connectivity index (χ1) is 12.8. The van der Waals surface area contributed by atoms with E-state index >= 15 is 0 Å². The molecule has 1 fully saturated rings. The number of nitrogens with one attached hydrogen (secondary N) is 1. The highest BCUT2D eigenvalue weighted by Crippen LogP contribution is 2.32. The number of hydrogen-bond donors (Lipinski definition) is 1. The van der Waals surface area contributed by atoms with Crippen LogP contribution < -0.4 is 10.1 Å². The third-order valence-corrected chi connectivity index (χ3v) is 4.95. The first-order valence-electron chi connectivity index (χ1n) is 9.21. The summed E-state index contributed by atoms with van der Waals surface area (Å²) in [6.45, 7) is 7.05. The van der Waals surface area contributed by atoms with Gasteiger partial charge in [0, 0.05) is 25.7 Å². The van der Waals surface area contributed by atoms with E-state index in [1.165, 1.54) is 12.1 Å². The standard InChI is InChI=1S/C21H25F3N2O/c1-15(2)19-14-26(13-12-25-19)20(16-6-4-3-5-7-16)17-8-10-18(11-9-17)27-21(22,23)24/h3-11,15,19-20,25H,12-14H2,1-2H3/t19-,20?/m1/s1. The lowest BCUT2D eigenvalue weighted by Crippen LogP contribution is -2.53. The number of hydrogen-bond acceptors (Lipinski definition) is 3. The zero-order chi connectivity index (χ0) is 19.4. The molecule has 1 heterocycles. The summed E-state index contributed by atoms with van der Waals surface area (Å²) in [7, 11) is 0. The average molecular weight is 378 g/mol. The molecular weight excluding hydrogens is 353 g/mol. The summed E-state index contributed by atoms with van der Waals surface area (Å²) in [6, 6.07) is 16.7. The van der Waals surface area contributed by atoms with Crippen LogP contribution in [-0.4, -0.2) is 36.9 Å². The van der Waals surface area contributed by atoms with E-state index < -0.39 is 6.36 Å². The summed E-state index contributed by atoms with van der Waals surface area (Å²) >= 11 is 0. The lowest BCUT2D eigenvalue weighted by Gasteiger charge is -2.40. The van der Waals surface area contributed by atoms with Crippen molar-refractivity contribution in [2.45, 2.75) is 32.3 Å². The molecule has 1 aliphatic heterocycles. The number of alkyl halides is 3. The van der Waals surface area contributed by atoms with Crippen LogP contribution in [0.3, 0.4) is 0 Å². The molecule has 0 radical (unpaired) electrons. The molecule has 146 valence electrons. The highest BCUT2D eigenvalue weighted by Gasteiger charge is 2.32. The maximum atomic E-state index is 12.4. The maximum absolute atomic E-state index is 12.4. The Labute approximate surface area is 158 Å². The zero-order valence-corrected chi connectivity index (χ0v) is 15.5. The summed E-state index contributed by atoms with van der Waals surface area (Å²) in [5.74, 6) is 0.310. The van der Waals surface area contributed by atoms with Gasteiger partial charge in [-0.2, -0.15) is 0 Å². The van der Waals surface area contributed by atoms with Gasteiger partial charge in [0.15, 0.2) is 0 Å². The van der Waals surface area contributed by atoms with Gasteiger partial charge in [0.25, 0.3) is 0 Å². The molecule has 1 aliphatic rings. The van der Waals surface area contributed by atoms with Gasteiger partial charge in [-0.15, -0.1) is 13.2 Å². The van der Waals surface area contributed by atoms with Gasteiger partial charge in [0.1, 0.15) is 5.75 Å². The molecular formula is C21H25F3N2O. The zero-order valence-electron chi connectivity index (χ0n) is 15.5. The minimum absolute atomic E-state index is 0.00510. The van der Waals surface area contributed by atoms with Crippen LogP contribution in [0.15, 0.2) is 54.6 Å².